The molecular formula is C18H33N3O2. The first kappa shape index (κ1) is 17.0. The van der Waals surface area contributed by atoms with Gasteiger partial charge in [0.25, 0.3) is 0 Å². The third-order valence-corrected chi connectivity index (χ3v) is 5.72. The van der Waals surface area contributed by atoms with Crippen molar-refractivity contribution in [2.45, 2.75) is 89.1 Å². The molecule has 3 aliphatic heterocycles. The van der Waals surface area contributed by atoms with Crippen molar-refractivity contribution < 1.29 is 9.53 Å². The van der Waals surface area contributed by atoms with Gasteiger partial charge < -0.3 is 19.9 Å². The lowest BCUT2D eigenvalue weighted by molar-refractivity contribution is 0.0191. The highest BCUT2D eigenvalue weighted by Gasteiger charge is 2.39. The second-order valence-corrected chi connectivity index (χ2v) is 8.63. The number of carbonyl (C=O) groups excluding carboxylic acids is 1. The second kappa shape index (κ2) is 6.60. The van der Waals surface area contributed by atoms with Crippen LogP contribution in [0.15, 0.2) is 0 Å². The Morgan fingerprint density at radius 3 is 2.09 bits per heavy atom. The highest BCUT2D eigenvalue weighted by Crippen LogP contribution is 2.34. The summed E-state index contributed by atoms with van der Waals surface area (Å²) in [7, 11) is 2.29. The van der Waals surface area contributed by atoms with Gasteiger partial charge in [-0.05, 0) is 66.3 Å². The van der Waals surface area contributed by atoms with Crippen LogP contribution < -0.4 is 5.32 Å². The van der Waals surface area contributed by atoms with E-state index in [1.807, 2.05) is 25.7 Å². The zero-order valence-electron chi connectivity index (χ0n) is 15.2. The number of rotatable bonds is 2. The Morgan fingerprint density at radius 1 is 1.00 bits per heavy atom. The minimum atomic E-state index is -0.403. The summed E-state index contributed by atoms with van der Waals surface area (Å²) in [6.45, 7) is 7.40. The van der Waals surface area contributed by atoms with Crippen molar-refractivity contribution in [2.24, 2.45) is 0 Å². The van der Waals surface area contributed by atoms with Crippen LogP contribution in [-0.4, -0.2) is 65.8 Å². The van der Waals surface area contributed by atoms with Crippen molar-refractivity contribution in [2.75, 3.05) is 20.1 Å². The van der Waals surface area contributed by atoms with E-state index >= 15 is 0 Å². The number of nitrogens with one attached hydrogen (secondary N) is 1. The largest absolute Gasteiger partial charge is 0.444 e. The summed E-state index contributed by atoms with van der Waals surface area (Å²) in [5, 5.41) is 3.88. The van der Waals surface area contributed by atoms with Crippen LogP contribution >= 0.6 is 0 Å². The topological polar surface area (TPSA) is 44.8 Å². The van der Waals surface area contributed by atoms with Crippen LogP contribution in [0.3, 0.4) is 0 Å². The van der Waals surface area contributed by atoms with E-state index < -0.39 is 5.60 Å². The smallest absolute Gasteiger partial charge is 0.410 e. The Kier molecular flexibility index (Phi) is 4.88. The van der Waals surface area contributed by atoms with Gasteiger partial charge in [-0.2, -0.15) is 0 Å². The van der Waals surface area contributed by atoms with Crippen molar-refractivity contribution >= 4 is 6.09 Å². The molecule has 0 aromatic carbocycles. The lowest BCUT2D eigenvalue weighted by Gasteiger charge is -2.40. The van der Waals surface area contributed by atoms with Gasteiger partial charge in [-0.3, -0.25) is 0 Å². The van der Waals surface area contributed by atoms with E-state index in [1.165, 1.54) is 25.7 Å². The quantitative estimate of drug-likeness (QED) is 0.848. The number of piperidine rings is 2. The highest BCUT2D eigenvalue weighted by atomic mass is 16.6. The Morgan fingerprint density at radius 2 is 1.57 bits per heavy atom. The van der Waals surface area contributed by atoms with Gasteiger partial charge in [-0.25, -0.2) is 4.79 Å². The summed E-state index contributed by atoms with van der Waals surface area (Å²) in [4.78, 5) is 16.6. The second-order valence-electron chi connectivity index (χ2n) is 8.63. The zero-order valence-corrected chi connectivity index (χ0v) is 15.2. The van der Waals surface area contributed by atoms with E-state index in [4.69, 9.17) is 4.74 Å². The number of carbonyl (C=O) groups is 1. The molecule has 5 heteroatoms. The van der Waals surface area contributed by atoms with E-state index in [0.29, 0.717) is 12.1 Å². The fourth-order valence-electron chi connectivity index (χ4n) is 4.44. The molecule has 0 aromatic heterocycles. The lowest BCUT2D eigenvalue weighted by atomic mass is 9.95. The molecule has 3 heterocycles. The Labute approximate surface area is 140 Å². The van der Waals surface area contributed by atoms with Crippen LogP contribution in [0.5, 0.6) is 0 Å². The normalized spacial score (nSPS) is 33.0. The molecule has 0 saturated carbocycles. The molecule has 0 spiro atoms. The molecule has 23 heavy (non-hydrogen) atoms. The van der Waals surface area contributed by atoms with Gasteiger partial charge in [0.2, 0.25) is 0 Å². The summed E-state index contributed by atoms with van der Waals surface area (Å²) >= 11 is 0. The molecule has 5 nitrogen and oxygen atoms in total. The SMILES string of the molecule is CN1C2CCC1CC(NC1CCN(C(=O)OC(C)(C)C)CC1)C2. The Balaban J connectivity index is 1.42. The first-order valence-electron chi connectivity index (χ1n) is 9.28. The summed E-state index contributed by atoms with van der Waals surface area (Å²) in [5.41, 5.74) is -0.403. The average Bonchev–Trinajstić information content (AvgIpc) is 2.69. The van der Waals surface area contributed by atoms with Crippen molar-refractivity contribution in [1.82, 2.24) is 15.1 Å². The van der Waals surface area contributed by atoms with Crippen molar-refractivity contribution in [3.05, 3.63) is 0 Å². The van der Waals surface area contributed by atoms with Crippen LogP contribution in [0.25, 0.3) is 0 Å². The van der Waals surface area contributed by atoms with Crippen molar-refractivity contribution in [1.29, 1.82) is 0 Å². The number of hydrogen-bond donors (Lipinski definition) is 1. The number of fused-ring (bicyclic) bond motifs is 2. The van der Waals surface area contributed by atoms with Gasteiger partial charge in [-0.1, -0.05) is 0 Å². The number of amides is 1. The van der Waals surface area contributed by atoms with Crippen molar-refractivity contribution in [3.63, 3.8) is 0 Å². The van der Waals surface area contributed by atoms with Gasteiger partial charge in [0.15, 0.2) is 0 Å². The summed E-state index contributed by atoms with van der Waals surface area (Å²) in [6, 6.07) is 2.80. The molecule has 3 rings (SSSR count). The van der Waals surface area contributed by atoms with Crippen LogP contribution in [0.1, 0.15) is 59.3 Å². The number of nitrogens with zero attached hydrogens (tertiary/aromatic N) is 2. The van der Waals surface area contributed by atoms with E-state index in [9.17, 15) is 4.79 Å². The minimum Gasteiger partial charge on any atom is -0.444 e. The summed E-state index contributed by atoms with van der Waals surface area (Å²) < 4.78 is 5.47. The van der Waals surface area contributed by atoms with Crippen LogP contribution in [0.2, 0.25) is 0 Å². The molecule has 0 aromatic rings. The van der Waals surface area contributed by atoms with E-state index in [0.717, 1.165) is 38.0 Å². The molecule has 3 saturated heterocycles. The van der Waals surface area contributed by atoms with Crippen LogP contribution in [0.4, 0.5) is 4.79 Å². The van der Waals surface area contributed by atoms with Gasteiger partial charge >= 0.3 is 6.09 Å². The van der Waals surface area contributed by atoms with E-state index in [2.05, 4.69) is 17.3 Å². The molecule has 2 unspecified atom stereocenters. The predicted octanol–water partition coefficient (Wildman–Crippen LogP) is 2.60. The average molecular weight is 323 g/mol. The molecule has 0 aliphatic carbocycles. The molecule has 3 aliphatic rings. The molecule has 1 amide bonds. The van der Waals surface area contributed by atoms with E-state index in [-0.39, 0.29) is 6.09 Å². The van der Waals surface area contributed by atoms with Crippen LogP contribution in [-0.2, 0) is 4.74 Å². The van der Waals surface area contributed by atoms with Gasteiger partial charge in [-0.15, -0.1) is 0 Å². The molecule has 3 fully saturated rings. The molecule has 132 valence electrons. The standard InChI is InChI=1S/C18H33N3O2/c1-18(2,3)23-17(22)21-9-7-13(8-10-21)19-14-11-15-5-6-16(12-14)20(15)4/h13-16,19H,5-12H2,1-4H3. The molecule has 0 radical (unpaired) electrons. The number of ether oxygens (including phenoxy) is 1. The number of likely N-dealkylation sites (tertiary alicyclic amines) is 1. The lowest BCUT2D eigenvalue weighted by Crippen LogP contribution is -2.53. The molecule has 1 N–H and O–H groups in total. The third kappa shape index (κ3) is 4.18. The maximum atomic E-state index is 12.1. The monoisotopic (exact) mass is 323 g/mol. The molecule has 2 atom stereocenters. The fourth-order valence-corrected chi connectivity index (χ4v) is 4.44. The van der Waals surface area contributed by atoms with Crippen LogP contribution in [0, 0.1) is 0 Å². The Hall–Kier alpha value is -0.810. The first-order valence-corrected chi connectivity index (χ1v) is 9.28. The third-order valence-electron chi connectivity index (χ3n) is 5.72. The van der Waals surface area contributed by atoms with Gasteiger partial charge in [0.05, 0.1) is 0 Å². The maximum absolute atomic E-state index is 12.1. The molecule has 2 bridgehead atoms. The number of hydrogen-bond acceptors (Lipinski definition) is 4. The van der Waals surface area contributed by atoms with Gasteiger partial charge in [0, 0.05) is 37.3 Å². The first-order chi connectivity index (χ1) is 10.8. The molecular weight excluding hydrogens is 290 g/mol. The van der Waals surface area contributed by atoms with Crippen molar-refractivity contribution in [3.8, 4) is 0 Å². The highest BCUT2D eigenvalue weighted by molar-refractivity contribution is 5.68. The minimum absolute atomic E-state index is 0.159. The summed E-state index contributed by atoms with van der Waals surface area (Å²) in [6.07, 6.45) is 7.25. The summed E-state index contributed by atoms with van der Waals surface area (Å²) in [5.74, 6) is 0. The fraction of sp³-hybridized carbons (Fsp3) is 0.944. The van der Waals surface area contributed by atoms with E-state index in [1.54, 1.807) is 0 Å². The van der Waals surface area contributed by atoms with Gasteiger partial charge in [0.1, 0.15) is 5.60 Å². The maximum Gasteiger partial charge on any atom is 0.410 e. The zero-order chi connectivity index (χ0) is 16.6. The Bertz CT molecular complexity index is 412. The predicted molar refractivity (Wildman–Crippen MR) is 91.6 cm³/mol.